The third-order valence-electron chi connectivity index (χ3n) is 5.64. The highest BCUT2D eigenvalue weighted by molar-refractivity contribution is 8.00. The molecule has 0 atom stereocenters. The van der Waals surface area contributed by atoms with Gasteiger partial charge in [0, 0.05) is 26.9 Å². The maximum atomic E-state index is 13.2. The Morgan fingerprint density at radius 1 is 0.786 bits per heavy atom. The van der Waals surface area contributed by atoms with Crippen LogP contribution in [-0.2, 0) is 15.8 Å². The fourth-order valence-electron chi connectivity index (χ4n) is 3.66. The molecule has 0 unspecified atom stereocenters. The summed E-state index contributed by atoms with van der Waals surface area (Å²) < 4.78 is 38.7. The van der Waals surface area contributed by atoms with Gasteiger partial charge in [-0.1, -0.05) is 48.0 Å². The molecule has 0 saturated carbocycles. The van der Waals surface area contributed by atoms with Crippen LogP contribution in [0.2, 0.25) is 5.02 Å². The van der Waals surface area contributed by atoms with Crippen LogP contribution >= 0.6 is 23.4 Å². The first-order valence-electron chi connectivity index (χ1n) is 12.4. The van der Waals surface area contributed by atoms with Gasteiger partial charge in [0.05, 0.1) is 11.3 Å². The van der Waals surface area contributed by atoms with Crippen LogP contribution in [-0.4, -0.2) is 23.5 Å². The minimum atomic E-state index is -4.51. The van der Waals surface area contributed by atoms with Crippen LogP contribution in [0.3, 0.4) is 0 Å². The molecule has 214 valence electrons. The molecule has 0 bridgehead atoms. The average molecular weight is 610 g/mol. The predicted octanol–water partition coefficient (Wildman–Crippen LogP) is 7.50. The summed E-state index contributed by atoms with van der Waals surface area (Å²) >= 11 is 7.25. The monoisotopic (exact) mass is 609 g/mol. The van der Waals surface area contributed by atoms with Crippen LogP contribution in [0.5, 0.6) is 0 Å². The van der Waals surface area contributed by atoms with Crippen molar-refractivity contribution in [2.75, 3.05) is 16.4 Å². The van der Waals surface area contributed by atoms with Crippen molar-refractivity contribution in [3.63, 3.8) is 0 Å². The van der Waals surface area contributed by atoms with Gasteiger partial charge in [0.1, 0.15) is 5.70 Å². The smallest absolute Gasteiger partial charge is 0.325 e. The molecular weight excluding hydrogens is 587 g/mol. The quantitative estimate of drug-likeness (QED) is 0.135. The lowest BCUT2D eigenvalue weighted by Crippen LogP contribution is -2.30. The third-order valence-corrected chi connectivity index (χ3v) is 6.89. The Morgan fingerprint density at radius 3 is 2.19 bits per heavy atom. The molecule has 0 aromatic heterocycles. The number of carbonyl (C=O) groups is 3. The Labute approximate surface area is 249 Å². The van der Waals surface area contributed by atoms with Crippen LogP contribution in [0.1, 0.15) is 21.5 Å². The Kier molecular flexibility index (Phi) is 10.1. The second-order valence-corrected chi connectivity index (χ2v) is 10.3. The summed E-state index contributed by atoms with van der Waals surface area (Å²) in [7, 11) is 0. The molecule has 0 aliphatic heterocycles. The number of alkyl halides is 3. The molecule has 0 fully saturated rings. The summed E-state index contributed by atoms with van der Waals surface area (Å²) in [6.45, 7) is 0. The normalized spacial score (nSPS) is 11.5. The van der Waals surface area contributed by atoms with Crippen LogP contribution in [0.4, 0.5) is 24.5 Å². The van der Waals surface area contributed by atoms with E-state index in [-0.39, 0.29) is 17.1 Å². The first kappa shape index (κ1) is 30.4. The molecule has 3 amide bonds. The SMILES string of the molecule is O=C(CSc1ccc(NC(=O)/C(=C/c2cccc(Cl)c2)NC(=O)c2ccccc2)cc1)Nc1cccc(C(F)(F)F)c1. The van der Waals surface area contributed by atoms with Crippen molar-refractivity contribution in [1.29, 1.82) is 0 Å². The zero-order valence-electron chi connectivity index (χ0n) is 21.7. The van der Waals surface area contributed by atoms with Crippen molar-refractivity contribution in [2.45, 2.75) is 11.1 Å². The highest BCUT2D eigenvalue weighted by Gasteiger charge is 2.30. The summed E-state index contributed by atoms with van der Waals surface area (Å²) in [6.07, 6.45) is -3.00. The molecule has 0 saturated heterocycles. The second-order valence-electron chi connectivity index (χ2n) is 8.83. The molecule has 4 rings (SSSR count). The van der Waals surface area contributed by atoms with Gasteiger partial charge in [-0.3, -0.25) is 14.4 Å². The Hall–Kier alpha value is -4.54. The highest BCUT2D eigenvalue weighted by atomic mass is 35.5. The number of thioether (sulfide) groups is 1. The lowest BCUT2D eigenvalue weighted by molar-refractivity contribution is -0.137. The standard InChI is InChI=1S/C31H23ClF3N3O3S/c32-23-10-4-6-20(16-23)17-27(38-29(40)21-7-2-1-3-8-21)30(41)37-24-12-14-26(15-13-24)42-19-28(39)36-25-11-5-9-22(18-25)31(33,34)35/h1-18H,19H2,(H,36,39)(H,37,41)(H,38,40)/b27-17-. The Morgan fingerprint density at radius 2 is 1.50 bits per heavy atom. The molecule has 0 aliphatic carbocycles. The lowest BCUT2D eigenvalue weighted by atomic mass is 10.1. The van der Waals surface area contributed by atoms with Gasteiger partial charge >= 0.3 is 6.18 Å². The molecule has 4 aromatic carbocycles. The second kappa shape index (κ2) is 13.9. The van der Waals surface area contributed by atoms with Crippen molar-refractivity contribution in [3.05, 3.63) is 131 Å². The van der Waals surface area contributed by atoms with Crippen molar-refractivity contribution in [1.82, 2.24) is 5.32 Å². The van der Waals surface area contributed by atoms with Gasteiger partial charge in [-0.05, 0) is 78.4 Å². The Balaban J connectivity index is 1.39. The van der Waals surface area contributed by atoms with Crippen molar-refractivity contribution >= 4 is 58.5 Å². The molecule has 0 radical (unpaired) electrons. The number of rotatable bonds is 9. The largest absolute Gasteiger partial charge is 0.416 e. The summed E-state index contributed by atoms with van der Waals surface area (Å²) in [4.78, 5) is 38.9. The summed E-state index contributed by atoms with van der Waals surface area (Å²) in [5.41, 5.74) is 0.613. The van der Waals surface area contributed by atoms with E-state index in [4.69, 9.17) is 11.6 Å². The first-order chi connectivity index (χ1) is 20.1. The van der Waals surface area contributed by atoms with Gasteiger partial charge < -0.3 is 16.0 Å². The molecule has 6 nitrogen and oxygen atoms in total. The van der Waals surface area contributed by atoms with Gasteiger partial charge in [-0.15, -0.1) is 11.8 Å². The maximum absolute atomic E-state index is 13.2. The number of anilines is 2. The third kappa shape index (κ3) is 8.98. The van der Waals surface area contributed by atoms with Crippen LogP contribution < -0.4 is 16.0 Å². The van der Waals surface area contributed by atoms with E-state index in [0.717, 1.165) is 12.1 Å². The van der Waals surface area contributed by atoms with E-state index in [9.17, 15) is 27.6 Å². The van der Waals surface area contributed by atoms with Gasteiger partial charge in [0.2, 0.25) is 5.91 Å². The number of hydrogen-bond acceptors (Lipinski definition) is 4. The van der Waals surface area contributed by atoms with Crippen LogP contribution in [0.25, 0.3) is 6.08 Å². The van der Waals surface area contributed by atoms with E-state index in [1.54, 1.807) is 78.9 Å². The number of halogens is 4. The maximum Gasteiger partial charge on any atom is 0.416 e. The summed E-state index contributed by atoms with van der Waals surface area (Å²) in [6, 6.07) is 26.3. The molecule has 11 heteroatoms. The zero-order valence-corrected chi connectivity index (χ0v) is 23.3. The molecule has 4 aromatic rings. The molecule has 0 heterocycles. The first-order valence-corrected chi connectivity index (χ1v) is 13.8. The van der Waals surface area contributed by atoms with Crippen molar-refractivity contribution in [2.24, 2.45) is 0 Å². The topological polar surface area (TPSA) is 87.3 Å². The van der Waals surface area contributed by atoms with Crippen LogP contribution in [0.15, 0.2) is 114 Å². The molecule has 0 spiro atoms. The van der Waals surface area contributed by atoms with Crippen molar-refractivity contribution < 1.29 is 27.6 Å². The minimum absolute atomic E-state index is 0.00386. The summed E-state index contributed by atoms with van der Waals surface area (Å²) in [5, 5.41) is 8.32. The lowest BCUT2D eigenvalue weighted by Gasteiger charge is -2.12. The number of carbonyl (C=O) groups excluding carboxylic acids is 3. The molecule has 0 aliphatic rings. The predicted molar refractivity (Wildman–Crippen MR) is 159 cm³/mol. The van der Waals surface area contributed by atoms with Gasteiger partial charge in [0.25, 0.3) is 11.8 Å². The van der Waals surface area contributed by atoms with Gasteiger partial charge in [0.15, 0.2) is 0 Å². The van der Waals surface area contributed by atoms with Gasteiger partial charge in [-0.2, -0.15) is 13.2 Å². The van der Waals surface area contributed by atoms with Crippen LogP contribution in [0, 0.1) is 0 Å². The van der Waals surface area contributed by atoms with Gasteiger partial charge in [-0.25, -0.2) is 0 Å². The fraction of sp³-hybridized carbons (Fsp3) is 0.0645. The zero-order chi connectivity index (χ0) is 30.1. The molecular formula is C31H23ClF3N3O3S. The highest BCUT2D eigenvalue weighted by Crippen LogP contribution is 2.31. The van der Waals surface area contributed by atoms with E-state index in [2.05, 4.69) is 16.0 Å². The fourth-order valence-corrected chi connectivity index (χ4v) is 4.55. The molecule has 42 heavy (non-hydrogen) atoms. The van der Waals surface area contributed by atoms with Crippen molar-refractivity contribution in [3.8, 4) is 0 Å². The number of amides is 3. The minimum Gasteiger partial charge on any atom is -0.325 e. The van der Waals surface area contributed by atoms with E-state index in [0.29, 0.717) is 26.7 Å². The van der Waals surface area contributed by atoms with E-state index < -0.39 is 29.5 Å². The molecule has 3 N–H and O–H groups in total. The average Bonchev–Trinajstić information content (AvgIpc) is 2.96. The summed E-state index contributed by atoms with van der Waals surface area (Å²) in [5.74, 6) is -1.55. The number of hydrogen-bond donors (Lipinski definition) is 3. The number of benzene rings is 4. The Bertz CT molecular complexity index is 1610. The van der Waals surface area contributed by atoms with E-state index in [1.807, 2.05) is 0 Å². The number of nitrogens with one attached hydrogen (secondary N) is 3. The van der Waals surface area contributed by atoms with E-state index >= 15 is 0 Å². The van der Waals surface area contributed by atoms with E-state index in [1.165, 1.54) is 30.0 Å².